The Balaban J connectivity index is 1.58. The summed E-state index contributed by atoms with van der Waals surface area (Å²) >= 11 is 0. The lowest BCUT2D eigenvalue weighted by Crippen LogP contribution is -2.68. The lowest BCUT2D eigenvalue weighted by molar-refractivity contribution is 0.0733. The first kappa shape index (κ1) is 28.8. The van der Waals surface area contributed by atoms with Gasteiger partial charge in [0.15, 0.2) is 0 Å². The van der Waals surface area contributed by atoms with E-state index >= 15 is 0 Å². The van der Waals surface area contributed by atoms with E-state index in [0.717, 1.165) is 5.69 Å². The molecule has 0 saturated heterocycles. The predicted octanol–water partition coefficient (Wildman–Crippen LogP) is 4.14. The van der Waals surface area contributed by atoms with E-state index in [1.807, 2.05) is 25.1 Å². The number of amides is 2. The number of carbonyl (C=O) groups is 2. The molecule has 41 heavy (non-hydrogen) atoms. The van der Waals surface area contributed by atoms with E-state index in [0.29, 0.717) is 30.8 Å². The standard InChI is InChI=1S/C32H40N4O4Si/c1-7-28(40-41(32(3,4)5,24-14-10-8-11-15-24)25-16-12-9-13-17-25)23-19-34(6)30(37)29-26-21-35(31(38)39)22(2)18-27(26)33-36(29)20-23/h7-17,22-23,28H,1,18-21H2,2-6H3,(H,38,39)/t22-,23+,28?/m1/s1. The zero-order valence-corrected chi connectivity index (χ0v) is 25.6. The fourth-order valence-electron chi connectivity index (χ4n) is 6.56. The van der Waals surface area contributed by atoms with Crippen LogP contribution in [0.3, 0.4) is 0 Å². The Morgan fingerprint density at radius 1 is 1.10 bits per heavy atom. The highest BCUT2D eigenvalue weighted by Crippen LogP contribution is 2.39. The number of hydrogen-bond donors (Lipinski definition) is 1. The maximum absolute atomic E-state index is 13.7. The Hall–Kier alpha value is -3.69. The van der Waals surface area contributed by atoms with Crippen LogP contribution in [0.15, 0.2) is 73.3 Å². The van der Waals surface area contributed by atoms with Gasteiger partial charge in [0.25, 0.3) is 14.2 Å². The smallest absolute Gasteiger partial charge is 0.407 e. The lowest BCUT2D eigenvalue weighted by Gasteiger charge is -2.46. The van der Waals surface area contributed by atoms with Gasteiger partial charge in [-0.1, -0.05) is 87.5 Å². The molecule has 0 bridgehead atoms. The van der Waals surface area contributed by atoms with Gasteiger partial charge in [-0.05, 0) is 22.3 Å². The van der Waals surface area contributed by atoms with Crippen LogP contribution in [-0.2, 0) is 23.9 Å². The predicted molar refractivity (Wildman–Crippen MR) is 162 cm³/mol. The molecule has 3 atom stereocenters. The van der Waals surface area contributed by atoms with Crippen molar-refractivity contribution in [2.45, 2.75) is 64.4 Å². The first-order chi connectivity index (χ1) is 19.5. The Morgan fingerprint density at radius 2 is 1.68 bits per heavy atom. The SMILES string of the molecule is C=CC(O[Si](c1ccccc1)(c1ccccc1)C(C)(C)C)[C@H]1CN(C)C(=O)c2c3c(nn2C1)C[C@@H](C)N(C(=O)O)C3. The molecule has 3 heterocycles. The summed E-state index contributed by atoms with van der Waals surface area (Å²) in [6.07, 6.45) is 1.01. The number of carboxylic acid groups (broad SMARTS) is 1. The van der Waals surface area contributed by atoms with E-state index in [4.69, 9.17) is 9.52 Å². The van der Waals surface area contributed by atoms with Gasteiger partial charge >= 0.3 is 6.09 Å². The molecule has 0 radical (unpaired) electrons. The van der Waals surface area contributed by atoms with Crippen LogP contribution in [-0.4, -0.2) is 70.7 Å². The highest BCUT2D eigenvalue weighted by atomic mass is 28.4. The first-order valence-corrected chi connectivity index (χ1v) is 16.1. The van der Waals surface area contributed by atoms with Crippen molar-refractivity contribution in [3.8, 4) is 0 Å². The van der Waals surface area contributed by atoms with Crippen LogP contribution in [0.2, 0.25) is 5.04 Å². The molecule has 9 heteroatoms. The minimum atomic E-state index is -2.88. The van der Waals surface area contributed by atoms with Crippen LogP contribution >= 0.6 is 0 Å². The third-order valence-corrected chi connectivity index (χ3v) is 13.7. The van der Waals surface area contributed by atoms with Gasteiger partial charge in [0.1, 0.15) is 5.69 Å². The van der Waals surface area contributed by atoms with Crippen molar-refractivity contribution in [1.82, 2.24) is 19.6 Å². The Morgan fingerprint density at radius 3 is 2.20 bits per heavy atom. The molecular weight excluding hydrogens is 532 g/mol. The van der Waals surface area contributed by atoms with Gasteiger partial charge < -0.3 is 19.3 Å². The molecule has 2 aliphatic heterocycles. The van der Waals surface area contributed by atoms with Crippen molar-refractivity contribution in [2.24, 2.45) is 5.92 Å². The number of carbonyl (C=O) groups excluding carboxylic acids is 1. The summed E-state index contributed by atoms with van der Waals surface area (Å²) in [6, 6.07) is 20.8. The van der Waals surface area contributed by atoms with E-state index in [1.165, 1.54) is 15.3 Å². The normalized spacial score (nSPS) is 20.2. The lowest BCUT2D eigenvalue weighted by atomic mass is 9.99. The molecule has 8 nitrogen and oxygen atoms in total. The molecule has 0 aliphatic carbocycles. The molecule has 0 saturated carbocycles. The molecule has 1 unspecified atom stereocenters. The van der Waals surface area contributed by atoms with E-state index in [1.54, 1.807) is 16.6 Å². The molecule has 216 valence electrons. The second-order valence-electron chi connectivity index (χ2n) is 12.3. The topological polar surface area (TPSA) is 87.9 Å². The second-order valence-corrected chi connectivity index (χ2v) is 16.6. The van der Waals surface area contributed by atoms with Crippen LogP contribution in [0, 0.1) is 5.92 Å². The average molecular weight is 573 g/mol. The summed E-state index contributed by atoms with van der Waals surface area (Å²) in [7, 11) is -1.08. The Labute approximate surface area is 243 Å². The minimum Gasteiger partial charge on any atom is -0.465 e. The van der Waals surface area contributed by atoms with Crippen molar-refractivity contribution in [3.63, 3.8) is 0 Å². The summed E-state index contributed by atoms with van der Waals surface area (Å²) < 4.78 is 9.24. The van der Waals surface area contributed by atoms with Crippen molar-refractivity contribution in [2.75, 3.05) is 13.6 Å². The number of rotatable bonds is 6. The summed E-state index contributed by atoms with van der Waals surface area (Å²) in [4.78, 5) is 28.7. The van der Waals surface area contributed by atoms with Gasteiger partial charge in [-0.25, -0.2) is 4.79 Å². The van der Waals surface area contributed by atoms with Crippen molar-refractivity contribution < 1.29 is 19.1 Å². The number of aromatic nitrogens is 2. The summed E-state index contributed by atoms with van der Waals surface area (Å²) in [5.41, 5.74) is 2.00. The van der Waals surface area contributed by atoms with Gasteiger partial charge in [0.05, 0.1) is 18.3 Å². The van der Waals surface area contributed by atoms with Gasteiger partial charge in [-0.15, -0.1) is 6.58 Å². The zero-order chi connectivity index (χ0) is 29.5. The third kappa shape index (κ3) is 5.02. The van der Waals surface area contributed by atoms with Gasteiger partial charge in [-0.3, -0.25) is 9.48 Å². The van der Waals surface area contributed by atoms with Crippen LogP contribution < -0.4 is 10.4 Å². The number of nitrogens with zero attached hydrogens (tertiary/aromatic N) is 4. The molecule has 1 aromatic heterocycles. The first-order valence-electron chi connectivity index (χ1n) is 14.2. The van der Waals surface area contributed by atoms with Gasteiger partial charge in [0, 0.05) is 44.1 Å². The van der Waals surface area contributed by atoms with Crippen LogP contribution in [0.25, 0.3) is 0 Å². The van der Waals surface area contributed by atoms with E-state index < -0.39 is 14.4 Å². The highest BCUT2D eigenvalue weighted by Gasteiger charge is 2.52. The summed E-state index contributed by atoms with van der Waals surface area (Å²) in [5, 5.41) is 16.8. The van der Waals surface area contributed by atoms with Gasteiger partial charge in [0.2, 0.25) is 0 Å². The molecule has 5 rings (SSSR count). The number of hydrogen-bond acceptors (Lipinski definition) is 4. The molecule has 2 aliphatic rings. The van der Waals surface area contributed by atoms with E-state index in [2.05, 4.69) is 75.9 Å². The monoisotopic (exact) mass is 572 g/mol. The largest absolute Gasteiger partial charge is 0.465 e. The fourth-order valence-corrected chi connectivity index (χ4v) is 11.3. The van der Waals surface area contributed by atoms with Crippen LogP contribution in [0.4, 0.5) is 4.79 Å². The minimum absolute atomic E-state index is 0.112. The average Bonchev–Trinajstić information content (AvgIpc) is 3.23. The van der Waals surface area contributed by atoms with Crippen molar-refractivity contribution >= 4 is 30.7 Å². The molecule has 0 fully saturated rings. The zero-order valence-electron chi connectivity index (χ0n) is 24.6. The van der Waals surface area contributed by atoms with E-state index in [-0.39, 0.29) is 35.6 Å². The molecule has 2 amide bonds. The highest BCUT2D eigenvalue weighted by molar-refractivity contribution is 6.99. The summed E-state index contributed by atoms with van der Waals surface area (Å²) in [6.45, 7) is 13.9. The Bertz CT molecular complexity index is 1390. The maximum Gasteiger partial charge on any atom is 0.407 e. The quantitative estimate of drug-likeness (QED) is 0.354. The molecule has 2 aromatic carbocycles. The molecular formula is C32H40N4O4Si. The van der Waals surface area contributed by atoms with Crippen LogP contribution in [0.1, 0.15) is 49.4 Å². The second kappa shape index (κ2) is 10.9. The fraction of sp³-hybridized carbons (Fsp3) is 0.406. The van der Waals surface area contributed by atoms with Crippen molar-refractivity contribution in [3.05, 3.63) is 90.3 Å². The molecule has 0 spiro atoms. The Kier molecular flexibility index (Phi) is 7.69. The molecule has 3 aromatic rings. The summed E-state index contributed by atoms with van der Waals surface area (Å²) in [5.74, 6) is -0.256. The third-order valence-electron chi connectivity index (χ3n) is 8.62. The van der Waals surface area contributed by atoms with Crippen LogP contribution in [0.5, 0.6) is 0 Å². The number of benzene rings is 2. The van der Waals surface area contributed by atoms with Gasteiger partial charge in [-0.2, -0.15) is 5.10 Å². The van der Waals surface area contributed by atoms with E-state index in [9.17, 15) is 14.7 Å². The van der Waals surface area contributed by atoms with Crippen molar-refractivity contribution in [1.29, 1.82) is 0 Å². The number of fused-ring (bicyclic) bond motifs is 3. The molecule has 1 N–H and O–H groups in total. The maximum atomic E-state index is 13.7.